The zero-order valence-electron chi connectivity index (χ0n) is 11.4. The largest absolute Gasteiger partial charge is 0.497 e. The number of hydrogen-bond acceptors (Lipinski definition) is 3. The highest BCUT2D eigenvalue weighted by Gasteiger charge is 2.11. The molecule has 0 radical (unpaired) electrons. The smallest absolute Gasteiger partial charge is 0.287 e. The average Bonchev–Trinajstić information content (AvgIpc) is 2.92. The lowest BCUT2D eigenvalue weighted by Gasteiger charge is -2.08. The molecule has 0 atom stereocenters. The molecule has 0 aliphatic carbocycles. The van der Waals surface area contributed by atoms with Gasteiger partial charge in [0.2, 0.25) is 0 Å². The van der Waals surface area contributed by atoms with E-state index in [-0.39, 0.29) is 5.91 Å². The van der Waals surface area contributed by atoms with Crippen molar-refractivity contribution in [1.82, 2.24) is 14.9 Å². The van der Waals surface area contributed by atoms with E-state index >= 15 is 0 Å². The molecule has 1 N–H and O–H groups in total. The van der Waals surface area contributed by atoms with Crippen molar-refractivity contribution < 1.29 is 9.53 Å². The molecule has 106 valence electrons. The van der Waals surface area contributed by atoms with E-state index in [1.807, 2.05) is 25.1 Å². The number of aryl methyl sites for hydroxylation is 1. The molecule has 1 aromatic heterocycles. The lowest BCUT2D eigenvalue weighted by molar-refractivity contribution is 0.0936. The molecule has 0 aliphatic heterocycles. The van der Waals surface area contributed by atoms with Gasteiger partial charge in [-0.1, -0.05) is 15.9 Å². The molecule has 2 rings (SSSR count). The van der Waals surface area contributed by atoms with Crippen LogP contribution < -0.4 is 10.1 Å². The normalized spacial score (nSPS) is 10.3. The van der Waals surface area contributed by atoms with Crippen molar-refractivity contribution in [2.75, 3.05) is 7.11 Å². The molecule has 0 aliphatic rings. The Morgan fingerprint density at radius 1 is 1.45 bits per heavy atom. The van der Waals surface area contributed by atoms with Crippen molar-refractivity contribution in [3.05, 3.63) is 46.5 Å². The standard InChI is InChI=1S/C14H16BrN3O2/c1-3-18-5-4-16-13(18)14(19)17-9-10-6-11(15)8-12(7-10)20-2/h4-8H,3,9H2,1-2H3,(H,17,19). The SMILES string of the molecule is CCn1ccnc1C(=O)NCc1cc(Br)cc(OC)c1. The van der Waals surface area contributed by atoms with Gasteiger partial charge in [0.25, 0.3) is 5.91 Å². The highest BCUT2D eigenvalue weighted by molar-refractivity contribution is 9.10. The summed E-state index contributed by atoms with van der Waals surface area (Å²) < 4.78 is 7.91. The highest BCUT2D eigenvalue weighted by Crippen LogP contribution is 2.21. The third-order valence-corrected chi connectivity index (χ3v) is 3.34. The van der Waals surface area contributed by atoms with Crippen molar-refractivity contribution in [3.8, 4) is 5.75 Å². The Balaban J connectivity index is 2.05. The highest BCUT2D eigenvalue weighted by atomic mass is 79.9. The first-order valence-corrected chi connectivity index (χ1v) is 7.06. The second-order valence-corrected chi connectivity index (χ2v) is 5.13. The Kier molecular flexibility index (Phi) is 4.79. The minimum absolute atomic E-state index is 0.184. The number of aromatic nitrogens is 2. The van der Waals surface area contributed by atoms with Crippen molar-refractivity contribution in [1.29, 1.82) is 0 Å². The second kappa shape index (κ2) is 6.56. The van der Waals surface area contributed by atoms with Gasteiger partial charge in [0.05, 0.1) is 7.11 Å². The van der Waals surface area contributed by atoms with Crippen LogP contribution in [0.3, 0.4) is 0 Å². The van der Waals surface area contributed by atoms with Gasteiger partial charge < -0.3 is 14.6 Å². The first-order valence-electron chi connectivity index (χ1n) is 6.26. The molecule has 0 spiro atoms. The summed E-state index contributed by atoms with van der Waals surface area (Å²) in [7, 11) is 1.61. The van der Waals surface area contributed by atoms with Gasteiger partial charge in [0, 0.05) is 30.0 Å². The number of carbonyl (C=O) groups is 1. The Hall–Kier alpha value is -1.82. The number of halogens is 1. The van der Waals surface area contributed by atoms with E-state index in [4.69, 9.17) is 4.74 Å². The van der Waals surface area contributed by atoms with Crippen LogP contribution in [-0.4, -0.2) is 22.6 Å². The van der Waals surface area contributed by atoms with Crippen molar-refractivity contribution in [2.45, 2.75) is 20.0 Å². The average molecular weight is 338 g/mol. The molecule has 0 fully saturated rings. The molecular weight excluding hydrogens is 322 g/mol. The number of nitrogens with one attached hydrogen (secondary N) is 1. The van der Waals surface area contributed by atoms with E-state index in [9.17, 15) is 4.79 Å². The van der Waals surface area contributed by atoms with Crippen LogP contribution in [0.2, 0.25) is 0 Å². The first kappa shape index (κ1) is 14.6. The molecule has 1 aromatic carbocycles. The number of hydrogen-bond donors (Lipinski definition) is 1. The van der Waals surface area contributed by atoms with Crippen LogP contribution in [0.4, 0.5) is 0 Å². The van der Waals surface area contributed by atoms with E-state index in [1.54, 1.807) is 24.1 Å². The van der Waals surface area contributed by atoms with Gasteiger partial charge in [-0.05, 0) is 30.7 Å². The van der Waals surface area contributed by atoms with E-state index < -0.39 is 0 Å². The Bertz CT molecular complexity index is 610. The molecule has 1 heterocycles. The zero-order chi connectivity index (χ0) is 14.5. The summed E-state index contributed by atoms with van der Waals surface area (Å²) in [6.07, 6.45) is 3.41. The Morgan fingerprint density at radius 3 is 2.95 bits per heavy atom. The number of amides is 1. The predicted molar refractivity (Wildman–Crippen MR) is 79.8 cm³/mol. The molecule has 0 saturated carbocycles. The van der Waals surface area contributed by atoms with Gasteiger partial charge in [0.15, 0.2) is 5.82 Å². The Labute approximate surface area is 126 Å². The Morgan fingerprint density at radius 2 is 2.25 bits per heavy atom. The summed E-state index contributed by atoms with van der Waals surface area (Å²) in [5.74, 6) is 0.990. The monoisotopic (exact) mass is 337 g/mol. The molecule has 0 unspecified atom stereocenters. The molecule has 5 nitrogen and oxygen atoms in total. The summed E-state index contributed by atoms with van der Waals surface area (Å²) in [4.78, 5) is 16.1. The van der Waals surface area contributed by atoms with Gasteiger partial charge in [-0.15, -0.1) is 0 Å². The van der Waals surface area contributed by atoms with Crippen LogP contribution in [0.25, 0.3) is 0 Å². The molecule has 0 bridgehead atoms. The second-order valence-electron chi connectivity index (χ2n) is 4.22. The maximum absolute atomic E-state index is 12.1. The van der Waals surface area contributed by atoms with E-state index in [0.717, 1.165) is 15.8 Å². The van der Waals surface area contributed by atoms with Gasteiger partial charge >= 0.3 is 0 Å². The zero-order valence-corrected chi connectivity index (χ0v) is 13.0. The van der Waals surface area contributed by atoms with Gasteiger partial charge in [-0.3, -0.25) is 4.79 Å². The van der Waals surface area contributed by atoms with Crippen molar-refractivity contribution >= 4 is 21.8 Å². The maximum atomic E-state index is 12.1. The van der Waals surface area contributed by atoms with Gasteiger partial charge in [-0.2, -0.15) is 0 Å². The number of benzene rings is 1. The lowest BCUT2D eigenvalue weighted by atomic mass is 10.2. The molecule has 0 saturated heterocycles. The van der Waals surface area contributed by atoms with Gasteiger partial charge in [-0.25, -0.2) is 4.98 Å². The van der Waals surface area contributed by atoms with Crippen LogP contribution in [0, 0.1) is 0 Å². The number of imidazole rings is 1. The molecule has 6 heteroatoms. The first-order chi connectivity index (χ1) is 9.63. The van der Waals surface area contributed by atoms with Crippen LogP contribution in [0.1, 0.15) is 23.1 Å². The van der Waals surface area contributed by atoms with Crippen molar-refractivity contribution in [3.63, 3.8) is 0 Å². The van der Waals surface area contributed by atoms with E-state index in [0.29, 0.717) is 18.9 Å². The van der Waals surface area contributed by atoms with E-state index in [1.165, 1.54) is 0 Å². The minimum Gasteiger partial charge on any atom is -0.497 e. The summed E-state index contributed by atoms with van der Waals surface area (Å²) in [5, 5.41) is 2.86. The third-order valence-electron chi connectivity index (χ3n) is 2.88. The van der Waals surface area contributed by atoms with Crippen LogP contribution in [-0.2, 0) is 13.1 Å². The quantitative estimate of drug-likeness (QED) is 0.912. The minimum atomic E-state index is -0.184. The fraction of sp³-hybridized carbons (Fsp3) is 0.286. The molecular formula is C14H16BrN3O2. The van der Waals surface area contributed by atoms with Crippen LogP contribution in [0.15, 0.2) is 35.1 Å². The van der Waals surface area contributed by atoms with Crippen LogP contribution in [0.5, 0.6) is 5.75 Å². The number of nitrogens with zero attached hydrogens (tertiary/aromatic N) is 2. The van der Waals surface area contributed by atoms with Crippen LogP contribution >= 0.6 is 15.9 Å². The number of ether oxygens (including phenoxy) is 1. The summed E-state index contributed by atoms with van der Waals surface area (Å²) in [6, 6.07) is 5.70. The summed E-state index contributed by atoms with van der Waals surface area (Å²) >= 11 is 3.41. The predicted octanol–water partition coefficient (Wildman–Crippen LogP) is 2.60. The van der Waals surface area contributed by atoms with E-state index in [2.05, 4.69) is 26.2 Å². The molecule has 1 amide bonds. The number of methoxy groups -OCH3 is 1. The fourth-order valence-corrected chi connectivity index (χ4v) is 2.40. The molecule has 20 heavy (non-hydrogen) atoms. The molecule has 2 aromatic rings. The fourth-order valence-electron chi connectivity index (χ4n) is 1.88. The summed E-state index contributed by atoms with van der Waals surface area (Å²) in [6.45, 7) is 3.11. The third kappa shape index (κ3) is 3.39. The summed E-state index contributed by atoms with van der Waals surface area (Å²) in [5.41, 5.74) is 0.958. The number of rotatable bonds is 5. The lowest BCUT2D eigenvalue weighted by Crippen LogP contribution is -2.26. The van der Waals surface area contributed by atoms with Gasteiger partial charge in [0.1, 0.15) is 5.75 Å². The topological polar surface area (TPSA) is 56.2 Å². The van der Waals surface area contributed by atoms with Crippen molar-refractivity contribution in [2.24, 2.45) is 0 Å². The maximum Gasteiger partial charge on any atom is 0.287 e. The number of carbonyl (C=O) groups excluding carboxylic acids is 1.